The topological polar surface area (TPSA) is 57.2 Å². The molecule has 0 aliphatic carbocycles. The molecule has 0 bridgehead atoms. The van der Waals surface area contributed by atoms with Gasteiger partial charge in [0, 0.05) is 18.3 Å². The van der Waals surface area contributed by atoms with Gasteiger partial charge in [-0.25, -0.2) is 0 Å². The number of aromatic nitrogens is 1. The van der Waals surface area contributed by atoms with Crippen LogP contribution in [0.2, 0.25) is 0 Å². The maximum atomic E-state index is 10.7. The van der Waals surface area contributed by atoms with Gasteiger partial charge < -0.3 is 15.0 Å². The summed E-state index contributed by atoms with van der Waals surface area (Å²) in [6.07, 6.45) is 2.05. The number of rotatable bonds is 4. The Labute approximate surface area is 100.0 Å². The highest BCUT2D eigenvalue weighted by molar-refractivity contribution is 5.82. The number of ether oxygens (including phenoxy) is 1. The molecule has 0 atom stereocenters. The zero-order valence-corrected chi connectivity index (χ0v) is 10.0. The summed E-state index contributed by atoms with van der Waals surface area (Å²) in [4.78, 5) is 10.7. The van der Waals surface area contributed by atoms with Crippen LogP contribution < -0.4 is 10.5 Å². The van der Waals surface area contributed by atoms with Crippen molar-refractivity contribution in [3.8, 4) is 5.75 Å². The molecule has 2 rings (SSSR count). The van der Waals surface area contributed by atoms with E-state index in [0.717, 1.165) is 10.9 Å². The smallest absolute Gasteiger partial charge is 0.255 e. The lowest BCUT2D eigenvalue weighted by atomic mass is 10.2. The molecule has 0 spiro atoms. The minimum absolute atomic E-state index is 0.0894. The van der Waals surface area contributed by atoms with Crippen LogP contribution in [-0.2, 0) is 4.79 Å². The first-order valence-electron chi connectivity index (χ1n) is 5.59. The predicted molar refractivity (Wildman–Crippen MR) is 67.0 cm³/mol. The molecule has 0 saturated carbocycles. The first-order valence-corrected chi connectivity index (χ1v) is 5.59. The standard InChI is InChI=1S/C13H16N2O2/c1-9(2)15-6-5-10-3-4-11(7-12(10)15)17-8-13(14)16/h3-7,9H,8H2,1-2H3,(H2,14,16). The second-order valence-electron chi connectivity index (χ2n) is 4.29. The Hall–Kier alpha value is -1.97. The van der Waals surface area contributed by atoms with Crippen molar-refractivity contribution in [1.29, 1.82) is 0 Å². The van der Waals surface area contributed by atoms with Crippen molar-refractivity contribution in [3.05, 3.63) is 30.5 Å². The molecule has 0 radical (unpaired) electrons. The van der Waals surface area contributed by atoms with Gasteiger partial charge in [0.05, 0.1) is 5.52 Å². The van der Waals surface area contributed by atoms with E-state index in [1.165, 1.54) is 0 Å². The fraction of sp³-hybridized carbons (Fsp3) is 0.308. The summed E-state index contributed by atoms with van der Waals surface area (Å²) in [5.41, 5.74) is 6.14. The highest BCUT2D eigenvalue weighted by atomic mass is 16.5. The van der Waals surface area contributed by atoms with Crippen LogP contribution in [0.4, 0.5) is 0 Å². The van der Waals surface area contributed by atoms with Gasteiger partial charge in [-0.05, 0) is 37.4 Å². The molecule has 0 fully saturated rings. The van der Waals surface area contributed by atoms with Crippen molar-refractivity contribution in [3.63, 3.8) is 0 Å². The van der Waals surface area contributed by atoms with Crippen LogP contribution in [0.5, 0.6) is 5.75 Å². The molecule has 1 amide bonds. The average Bonchev–Trinajstić information content (AvgIpc) is 2.69. The van der Waals surface area contributed by atoms with Crippen LogP contribution in [0, 0.1) is 0 Å². The van der Waals surface area contributed by atoms with Crippen LogP contribution in [0.1, 0.15) is 19.9 Å². The number of primary amides is 1. The lowest BCUT2D eigenvalue weighted by molar-refractivity contribution is -0.119. The fourth-order valence-corrected chi connectivity index (χ4v) is 1.82. The van der Waals surface area contributed by atoms with E-state index in [9.17, 15) is 4.79 Å². The van der Waals surface area contributed by atoms with Crippen LogP contribution in [0.3, 0.4) is 0 Å². The Morgan fingerprint density at radius 3 is 2.82 bits per heavy atom. The molecule has 0 aliphatic rings. The third-order valence-corrected chi connectivity index (χ3v) is 2.63. The van der Waals surface area contributed by atoms with Gasteiger partial charge in [-0.2, -0.15) is 0 Å². The van der Waals surface area contributed by atoms with E-state index in [1.807, 2.05) is 24.4 Å². The maximum absolute atomic E-state index is 10.7. The molecule has 2 aromatic rings. The summed E-state index contributed by atoms with van der Waals surface area (Å²) in [6, 6.07) is 8.20. The Morgan fingerprint density at radius 1 is 1.41 bits per heavy atom. The maximum Gasteiger partial charge on any atom is 0.255 e. The second-order valence-corrected chi connectivity index (χ2v) is 4.29. The second kappa shape index (κ2) is 4.49. The van der Waals surface area contributed by atoms with Crippen LogP contribution in [0.25, 0.3) is 10.9 Å². The molecule has 0 saturated heterocycles. The van der Waals surface area contributed by atoms with Gasteiger partial charge >= 0.3 is 0 Å². The summed E-state index contributed by atoms with van der Waals surface area (Å²) >= 11 is 0. The van der Waals surface area contributed by atoms with Crippen LogP contribution in [0.15, 0.2) is 30.5 Å². The van der Waals surface area contributed by atoms with Gasteiger partial charge in [0.1, 0.15) is 5.75 Å². The van der Waals surface area contributed by atoms with Gasteiger partial charge in [0.15, 0.2) is 6.61 Å². The van der Waals surface area contributed by atoms with E-state index in [1.54, 1.807) is 0 Å². The van der Waals surface area contributed by atoms with Crippen molar-refractivity contribution in [2.75, 3.05) is 6.61 Å². The van der Waals surface area contributed by atoms with Crippen molar-refractivity contribution < 1.29 is 9.53 Å². The zero-order chi connectivity index (χ0) is 12.4. The van der Waals surface area contributed by atoms with E-state index in [4.69, 9.17) is 10.5 Å². The normalized spacial score (nSPS) is 11.0. The third-order valence-electron chi connectivity index (χ3n) is 2.63. The summed E-state index contributed by atoms with van der Waals surface area (Å²) in [6.45, 7) is 4.15. The number of benzene rings is 1. The molecule has 2 N–H and O–H groups in total. The Morgan fingerprint density at radius 2 is 2.18 bits per heavy atom. The molecular formula is C13H16N2O2. The first kappa shape index (κ1) is 11.5. The number of carbonyl (C=O) groups excluding carboxylic acids is 1. The van der Waals surface area contributed by atoms with Crippen LogP contribution in [-0.4, -0.2) is 17.1 Å². The minimum Gasteiger partial charge on any atom is -0.484 e. The number of nitrogens with two attached hydrogens (primary N) is 1. The highest BCUT2D eigenvalue weighted by Gasteiger charge is 2.06. The molecule has 0 aliphatic heterocycles. The minimum atomic E-state index is -0.468. The average molecular weight is 232 g/mol. The SMILES string of the molecule is CC(C)n1ccc2ccc(OCC(N)=O)cc21. The van der Waals surface area contributed by atoms with E-state index in [0.29, 0.717) is 11.8 Å². The summed E-state index contributed by atoms with van der Waals surface area (Å²) in [5.74, 6) is 0.196. The molecule has 17 heavy (non-hydrogen) atoms. The molecular weight excluding hydrogens is 216 g/mol. The monoisotopic (exact) mass is 232 g/mol. The van der Waals surface area contributed by atoms with Crippen molar-refractivity contribution >= 4 is 16.8 Å². The van der Waals surface area contributed by atoms with Crippen molar-refractivity contribution in [2.24, 2.45) is 5.73 Å². The van der Waals surface area contributed by atoms with E-state index in [2.05, 4.69) is 24.5 Å². The number of hydrogen-bond acceptors (Lipinski definition) is 2. The number of amides is 1. The van der Waals surface area contributed by atoms with E-state index in [-0.39, 0.29) is 6.61 Å². The molecule has 4 heteroatoms. The highest BCUT2D eigenvalue weighted by Crippen LogP contribution is 2.24. The molecule has 1 aromatic heterocycles. The molecule has 0 unspecified atom stereocenters. The van der Waals surface area contributed by atoms with Crippen molar-refractivity contribution in [2.45, 2.75) is 19.9 Å². The van der Waals surface area contributed by atoms with E-state index >= 15 is 0 Å². The fourth-order valence-electron chi connectivity index (χ4n) is 1.82. The predicted octanol–water partition coefficient (Wildman–Crippen LogP) is 2.09. The summed E-state index contributed by atoms with van der Waals surface area (Å²) < 4.78 is 7.45. The summed E-state index contributed by atoms with van der Waals surface area (Å²) in [5, 5.41) is 1.16. The first-order chi connectivity index (χ1) is 8.08. The summed E-state index contributed by atoms with van der Waals surface area (Å²) in [7, 11) is 0. The largest absolute Gasteiger partial charge is 0.484 e. The number of fused-ring (bicyclic) bond motifs is 1. The van der Waals surface area contributed by atoms with Gasteiger partial charge in [-0.1, -0.05) is 0 Å². The Balaban J connectivity index is 2.34. The number of hydrogen-bond donors (Lipinski definition) is 1. The number of carbonyl (C=O) groups is 1. The molecule has 4 nitrogen and oxygen atoms in total. The Bertz CT molecular complexity index is 543. The van der Waals surface area contributed by atoms with Gasteiger partial charge in [0.2, 0.25) is 0 Å². The zero-order valence-electron chi connectivity index (χ0n) is 10.0. The quantitative estimate of drug-likeness (QED) is 0.877. The number of nitrogens with zero attached hydrogens (tertiary/aromatic N) is 1. The molecule has 1 aromatic carbocycles. The Kier molecular flexibility index (Phi) is 3.04. The lowest BCUT2D eigenvalue weighted by Gasteiger charge is -2.10. The van der Waals surface area contributed by atoms with Gasteiger partial charge in [-0.15, -0.1) is 0 Å². The van der Waals surface area contributed by atoms with Crippen LogP contribution >= 0.6 is 0 Å². The third kappa shape index (κ3) is 2.41. The molecule has 1 heterocycles. The molecule has 90 valence electrons. The van der Waals surface area contributed by atoms with Gasteiger partial charge in [0.25, 0.3) is 5.91 Å². The lowest BCUT2D eigenvalue weighted by Crippen LogP contribution is -2.20. The van der Waals surface area contributed by atoms with Gasteiger partial charge in [-0.3, -0.25) is 4.79 Å². The van der Waals surface area contributed by atoms with Crippen molar-refractivity contribution in [1.82, 2.24) is 4.57 Å². The van der Waals surface area contributed by atoms with E-state index < -0.39 is 5.91 Å².